The van der Waals surface area contributed by atoms with Gasteiger partial charge in [0, 0.05) is 18.5 Å². The lowest BCUT2D eigenvalue weighted by Crippen LogP contribution is -2.25. The van der Waals surface area contributed by atoms with Crippen molar-refractivity contribution in [2.75, 3.05) is 11.4 Å². The lowest BCUT2D eigenvalue weighted by molar-refractivity contribution is -0.117. The maximum atomic E-state index is 13.1. The van der Waals surface area contributed by atoms with Crippen molar-refractivity contribution in [3.8, 4) is 0 Å². The van der Waals surface area contributed by atoms with Gasteiger partial charge in [-0.25, -0.2) is 4.98 Å². The first-order chi connectivity index (χ1) is 6.68. The lowest BCUT2D eigenvalue weighted by Gasteiger charge is -2.14. The zero-order valence-electron chi connectivity index (χ0n) is 7.96. The second-order valence-corrected chi connectivity index (χ2v) is 3.43. The SMILES string of the molecule is Cc1ccc(N2CCCC2=O)nc1F. The molecule has 1 aliphatic heterocycles. The molecule has 0 aromatic carbocycles. The fraction of sp³-hybridized carbons (Fsp3) is 0.400. The third-order valence-corrected chi connectivity index (χ3v) is 2.37. The Kier molecular flexibility index (Phi) is 2.19. The zero-order chi connectivity index (χ0) is 10.1. The van der Waals surface area contributed by atoms with E-state index in [-0.39, 0.29) is 5.91 Å². The van der Waals surface area contributed by atoms with E-state index in [1.807, 2.05) is 0 Å². The van der Waals surface area contributed by atoms with E-state index in [4.69, 9.17) is 0 Å². The highest BCUT2D eigenvalue weighted by molar-refractivity contribution is 5.94. The molecular formula is C10H11FN2O. The number of carbonyl (C=O) groups is 1. The molecule has 0 aliphatic carbocycles. The van der Waals surface area contributed by atoms with Gasteiger partial charge in [-0.1, -0.05) is 6.07 Å². The van der Waals surface area contributed by atoms with Crippen molar-refractivity contribution in [2.24, 2.45) is 0 Å². The summed E-state index contributed by atoms with van der Waals surface area (Å²) in [6.45, 7) is 2.30. The standard InChI is InChI=1S/C10H11FN2O/c1-7-4-5-8(12-10(7)11)13-6-2-3-9(13)14/h4-5H,2-3,6H2,1H3. The molecule has 1 aromatic rings. The Morgan fingerprint density at radius 2 is 2.29 bits per heavy atom. The van der Waals surface area contributed by atoms with Gasteiger partial charge in [-0.2, -0.15) is 4.39 Å². The van der Waals surface area contributed by atoms with Crippen LogP contribution in [0.2, 0.25) is 0 Å². The van der Waals surface area contributed by atoms with E-state index in [2.05, 4.69) is 4.98 Å². The Bertz CT molecular complexity index is 378. The Labute approximate surface area is 81.6 Å². The van der Waals surface area contributed by atoms with E-state index >= 15 is 0 Å². The summed E-state index contributed by atoms with van der Waals surface area (Å²) in [4.78, 5) is 16.6. The molecule has 1 aromatic heterocycles. The Balaban J connectivity index is 2.32. The van der Waals surface area contributed by atoms with Crippen molar-refractivity contribution in [1.82, 2.24) is 4.98 Å². The number of amides is 1. The molecule has 1 fully saturated rings. The van der Waals surface area contributed by atoms with Crippen molar-refractivity contribution >= 4 is 11.7 Å². The first-order valence-corrected chi connectivity index (χ1v) is 4.62. The molecule has 14 heavy (non-hydrogen) atoms. The van der Waals surface area contributed by atoms with Crippen LogP contribution in [0.1, 0.15) is 18.4 Å². The molecule has 0 spiro atoms. The molecule has 0 atom stereocenters. The highest BCUT2D eigenvalue weighted by Gasteiger charge is 2.23. The molecule has 0 N–H and O–H groups in total. The number of halogens is 1. The Morgan fingerprint density at radius 3 is 2.86 bits per heavy atom. The van der Waals surface area contributed by atoms with Crippen LogP contribution < -0.4 is 4.90 Å². The first-order valence-electron chi connectivity index (χ1n) is 4.62. The molecule has 1 aliphatic rings. The molecule has 2 rings (SSSR count). The van der Waals surface area contributed by atoms with Crippen LogP contribution in [0.4, 0.5) is 10.2 Å². The fourth-order valence-corrected chi connectivity index (χ4v) is 1.54. The van der Waals surface area contributed by atoms with Gasteiger partial charge in [0.1, 0.15) is 5.82 Å². The summed E-state index contributed by atoms with van der Waals surface area (Å²) in [7, 11) is 0. The van der Waals surface area contributed by atoms with Gasteiger partial charge in [-0.15, -0.1) is 0 Å². The number of rotatable bonds is 1. The van der Waals surface area contributed by atoms with Crippen LogP contribution in [0.25, 0.3) is 0 Å². The number of carbonyl (C=O) groups excluding carboxylic acids is 1. The maximum Gasteiger partial charge on any atom is 0.228 e. The van der Waals surface area contributed by atoms with E-state index in [9.17, 15) is 9.18 Å². The monoisotopic (exact) mass is 194 g/mol. The quantitative estimate of drug-likeness (QED) is 0.637. The smallest absolute Gasteiger partial charge is 0.228 e. The molecule has 3 nitrogen and oxygen atoms in total. The van der Waals surface area contributed by atoms with Gasteiger partial charge in [-0.3, -0.25) is 9.69 Å². The summed E-state index contributed by atoms with van der Waals surface area (Å²) in [5, 5.41) is 0. The van der Waals surface area contributed by atoms with Gasteiger partial charge >= 0.3 is 0 Å². The van der Waals surface area contributed by atoms with Gasteiger partial charge < -0.3 is 0 Å². The van der Waals surface area contributed by atoms with E-state index in [0.29, 0.717) is 24.3 Å². The molecule has 0 radical (unpaired) electrons. The number of nitrogens with zero attached hydrogens (tertiary/aromatic N) is 2. The van der Waals surface area contributed by atoms with E-state index in [0.717, 1.165) is 6.42 Å². The zero-order valence-corrected chi connectivity index (χ0v) is 7.96. The molecule has 0 bridgehead atoms. The molecular weight excluding hydrogens is 183 g/mol. The molecule has 0 unspecified atom stereocenters. The third kappa shape index (κ3) is 1.47. The molecule has 74 valence electrons. The van der Waals surface area contributed by atoms with E-state index in [1.165, 1.54) is 4.90 Å². The molecule has 1 saturated heterocycles. The number of anilines is 1. The summed E-state index contributed by atoms with van der Waals surface area (Å²) < 4.78 is 13.1. The van der Waals surface area contributed by atoms with Crippen LogP contribution >= 0.6 is 0 Å². The summed E-state index contributed by atoms with van der Waals surface area (Å²) in [6.07, 6.45) is 1.37. The number of aromatic nitrogens is 1. The van der Waals surface area contributed by atoms with Crippen LogP contribution in [0.3, 0.4) is 0 Å². The van der Waals surface area contributed by atoms with Crippen LogP contribution in [-0.2, 0) is 4.79 Å². The minimum absolute atomic E-state index is 0.0285. The van der Waals surface area contributed by atoms with E-state index < -0.39 is 5.95 Å². The van der Waals surface area contributed by atoms with Crippen LogP contribution in [0, 0.1) is 12.9 Å². The Hall–Kier alpha value is -1.45. The fourth-order valence-electron chi connectivity index (χ4n) is 1.54. The predicted octanol–water partition coefficient (Wildman–Crippen LogP) is 1.66. The molecule has 1 amide bonds. The third-order valence-electron chi connectivity index (χ3n) is 2.37. The summed E-state index contributed by atoms with van der Waals surface area (Å²) in [6, 6.07) is 3.32. The van der Waals surface area contributed by atoms with Gasteiger partial charge in [0.2, 0.25) is 11.9 Å². The minimum atomic E-state index is -0.498. The summed E-state index contributed by atoms with van der Waals surface area (Å²) in [5.74, 6) is -0.0430. The predicted molar refractivity (Wildman–Crippen MR) is 50.5 cm³/mol. The highest BCUT2D eigenvalue weighted by Crippen LogP contribution is 2.19. The van der Waals surface area contributed by atoms with Gasteiger partial charge in [-0.05, 0) is 19.4 Å². The summed E-state index contributed by atoms with van der Waals surface area (Å²) >= 11 is 0. The number of pyridine rings is 1. The first kappa shape index (κ1) is 9.12. The van der Waals surface area contributed by atoms with Crippen molar-refractivity contribution in [1.29, 1.82) is 0 Å². The second-order valence-electron chi connectivity index (χ2n) is 3.43. The number of hydrogen-bond acceptors (Lipinski definition) is 2. The van der Waals surface area contributed by atoms with Crippen LogP contribution in [0.5, 0.6) is 0 Å². The van der Waals surface area contributed by atoms with Crippen molar-refractivity contribution in [2.45, 2.75) is 19.8 Å². The topological polar surface area (TPSA) is 33.2 Å². The highest BCUT2D eigenvalue weighted by atomic mass is 19.1. The lowest BCUT2D eigenvalue weighted by atomic mass is 10.3. The number of hydrogen-bond donors (Lipinski definition) is 0. The van der Waals surface area contributed by atoms with E-state index in [1.54, 1.807) is 19.1 Å². The van der Waals surface area contributed by atoms with Gasteiger partial charge in [0.25, 0.3) is 0 Å². The van der Waals surface area contributed by atoms with Crippen molar-refractivity contribution in [3.63, 3.8) is 0 Å². The maximum absolute atomic E-state index is 13.1. The average molecular weight is 194 g/mol. The van der Waals surface area contributed by atoms with Gasteiger partial charge in [0.05, 0.1) is 0 Å². The Morgan fingerprint density at radius 1 is 1.50 bits per heavy atom. The number of aryl methyl sites for hydroxylation is 1. The molecule has 4 heteroatoms. The summed E-state index contributed by atoms with van der Waals surface area (Å²) in [5.41, 5.74) is 0.500. The van der Waals surface area contributed by atoms with Crippen LogP contribution in [-0.4, -0.2) is 17.4 Å². The van der Waals surface area contributed by atoms with Crippen LogP contribution in [0.15, 0.2) is 12.1 Å². The van der Waals surface area contributed by atoms with Crippen molar-refractivity contribution < 1.29 is 9.18 Å². The largest absolute Gasteiger partial charge is 0.297 e. The molecule has 0 saturated carbocycles. The molecule has 2 heterocycles. The average Bonchev–Trinajstić information content (AvgIpc) is 2.57. The normalized spacial score (nSPS) is 16.4. The minimum Gasteiger partial charge on any atom is -0.297 e. The second kappa shape index (κ2) is 3.36. The van der Waals surface area contributed by atoms with Crippen molar-refractivity contribution in [3.05, 3.63) is 23.6 Å². The van der Waals surface area contributed by atoms with Gasteiger partial charge in [0.15, 0.2) is 0 Å².